The van der Waals surface area contributed by atoms with Gasteiger partial charge in [-0.25, -0.2) is 9.18 Å². The molecule has 3 amide bonds. The number of carbonyl (C=O) groups excluding carboxylic acids is 2. The van der Waals surface area contributed by atoms with E-state index in [-0.39, 0.29) is 11.6 Å². The summed E-state index contributed by atoms with van der Waals surface area (Å²) in [6, 6.07) is 13.0. The van der Waals surface area contributed by atoms with Crippen LogP contribution in [0.25, 0.3) is 0 Å². The number of rotatable bonds is 4. The number of hydrogen-bond donors (Lipinski definition) is 3. The van der Waals surface area contributed by atoms with Gasteiger partial charge in [0.2, 0.25) is 5.91 Å². The maximum absolute atomic E-state index is 13.5. The van der Waals surface area contributed by atoms with E-state index in [1.54, 1.807) is 0 Å². The van der Waals surface area contributed by atoms with Crippen LogP contribution in [0.3, 0.4) is 0 Å². The average molecular weight is 301 g/mol. The molecule has 22 heavy (non-hydrogen) atoms. The maximum atomic E-state index is 13.5. The van der Waals surface area contributed by atoms with Crippen molar-refractivity contribution in [3.63, 3.8) is 0 Å². The van der Waals surface area contributed by atoms with Crippen molar-refractivity contribution in [3.05, 3.63) is 59.9 Å². The van der Waals surface area contributed by atoms with Gasteiger partial charge >= 0.3 is 6.03 Å². The highest BCUT2D eigenvalue weighted by atomic mass is 19.1. The summed E-state index contributed by atoms with van der Waals surface area (Å²) < 4.78 is 13.5. The van der Waals surface area contributed by atoms with Gasteiger partial charge in [0.1, 0.15) is 5.82 Å². The van der Waals surface area contributed by atoms with Crippen molar-refractivity contribution < 1.29 is 14.0 Å². The zero-order valence-corrected chi connectivity index (χ0v) is 12.0. The van der Waals surface area contributed by atoms with Crippen LogP contribution in [0.2, 0.25) is 0 Å². The van der Waals surface area contributed by atoms with Crippen LogP contribution in [0.5, 0.6) is 0 Å². The minimum Gasteiger partial charge on any atom is -0.334 e. The molecule has 0 atom stereocenters. The Morgan fingerprint density at radius 2 is 1.77 bits per heavy atom. The summed E-state index contributed by atoms with van der Waals surface area (Å²) in [6.07, 6.45) is 0. The van der Waals surface area contributed by atoms with Gasteiger partial charge < -0.3 is 16.0 Å². The standard InChI is InChI=1S/C16H16FN3O2/c1-11(21)19-15-9-13(7-8-14(15)17)20-16(22)18-10-12-5-3-2-4-6-12/h2-9H,10H2,1H3,(H,19,21)(H2,18,20,22). The number of benzene rings is 2. The van der Waals surface area contributed by atoms with E-state index in [1.807, 2.05) is 30.3 Å². The second-order valence-electron chi connectivity index (χ2n) is 4.67. The van der Waals surface area contributed by atoms with E-state index >= 15 is 0 Å². The Morgan fingerprint density at radius 1 is 1.05 bits per heavy atom. The molecule has 0 radical (unpaired) electrons. The van der Waals surface area contributed by atoms with Crippen molar-refractivity contribution in [2.45, 2.75) is 13.5 Å². The van der Waals surface area contributed by atoms with Crippen LogP contribution in [0.1, 0.15) is 12.5 Å². The number of carbonyl (C=O) groups is 2. The zero-order valence-electron chi connectivity index (χ0n) is 12.0. The van der Waals surface area contributed by atoms with Crippen LogP contribution < -0.4 is 16.0 Å². The fourth-order valence-corrected chi connectivity index (χ4v) is 1.84. The molecule has 114 valence electrons. The summed E-state index contributed by atoms with van der Waals surface area (Å²) in [4.78, 5) is 22.8. The quantitative estimate of drug-likeness (QED) is 0.812. The second kappa shape index (κ2) is 7.21. The largest absolute Gasteiger partial charge is 0.334 e. The Hall–Kier alpha value is -2.89. The van der Waals surface area contributed by atoms with Crippen LogP contribution in [-0.4, -0.2) is 11.9 Å². The molecule has 2 aromatic rings. The molecule has 0 aliphatic heterocycles. The lowest BCUT2D eigenvalue weighted by Crippen LogP contribution is -2.28. The molecular formula is C16H16FN3O2. The Balaban J connectivity index is 1.95. The lowest BCUT2D eigenvalue weighted by Gasteiger charge is -2.10. The van der Waals surface area contributed by atoms with E-state index < -0.39 is 11.8 Å². The van der Waals surface area contributed by atoms with Crippen LogP contribution in [-0.2, 0) is 11.3 Å². The molecule has 0 fully saturated rings. The summed E-state index contributed by atoms with van der Waals surface area (Å²) >= 11 is 0. The van der Waals surface area contributed by atoms with E-state index in [0.717, 1.165) is 5.56 Å². The predicted molar refractivity (Wildman–Crippen MR) is 83.0 cm³/mol. The number of halogens is 1. The third-order valence-electron chi connectivity index (χ3n) is 2.83. The fraction of sp³-hybridized carbons (Fsp3) is 0.125. The molecule has 0 saturated heterocycles. The van der Waals surface area contributed by atoms with E-state index in [0.29, 0.717) is 12.2 Å². The number of urea groups is 1. The highest BCUT2D eigenvalue weighted by Crippen LogP contribution is 2.19. The third kappa shape index (κ3) is 4.59. The molecule has 0 unspecified atom stereocenters. The van der Waals surface area contributed by atoms with E-state index in [1.165, 1.54) is 25.1 Å². The molecule has 0 saturated carbocycles. The zero-order chi connectivity index (χ0) is 15.9. The van der Waals surface area contributed by atoms with Crippen molar-refractivity contribution in [2.75, 3.05) is 10.6 Å². The van der Waals surface area contributed by atoms with Gasteiger partial charge in [-0.05, 0) is 23.8 Å². The fourth-order valence-electron chi connectivity index (χ4n) is 1.84. The molecule has 0 aliphatic carbocycles. The minimum atomic E-state index is -0.564. The average Bonchev–Trinajstić information content (AvgIpc) is 2.49. The molecule has 3 N–H and O–H groups in total. The van der Waals surface area contributed by atoms with Crippen molar-refractivity contribution in [2.24, 2.45) is 0 Å². The molecule has 0 heterocycles. The number of hydrogen-bond acceptors (Lipinski definition) is 2. The van der Waals surface area contributed by atoms with Crippen molar-refractivity contribution in [1.29, 1.82) is 0 Å². The van der Waals surface area contributed by atoms with Gasteiger partial charge in [-0.2, -0.15) is 0 Å². The van der Waals surface area contributed by atoms with Crippen LogP contribution in [0.15, 0.2) is 48.5 Å². The first-order valence-electron chi connectivity index (χ1n) is 6.70. The minimum absolute atomic E-state index is 0.0216. The molecule has 5 nitrogen and oxygen atoms in total. The van der Waals surface area contributed by atoms with Gasteiger partial charge in [-0.1, -0.05) is 30.3 Å². The first-order chi connectivity index (χ1) is 10.5. The van der Waals surface area contributed by atoms with Gasteiger partial charge in [0.25, 0.3) is 0 Å². The van der Waals surface area contributed by atoms with E-state index in [2.05, 4.69) is 16.0 Å². The Labute approximate surface area is 127 Å². The van der Waals surface area contributed by atoms with Crippen molar-refractivity contribution in [1.82, 2.24) is 5.32 Å². The van der Waals surface area contributed by atoms with Crippen LogP contribution >= 0.6 is 0 Å². The van der Waals surface area contributed by atoms with E-state index in [9.17, 15) is 14.0 Å². The van der Waals surface area contributed by atoms with Gasteiger partial charge in [0.05, 0.1) is 5.69 Å². The lowest BCUT2D eigenvalue weighted by molar-refractivity contribution is -0.114. The number of amides is 3. The molecule has 0 bridgehead atoms. The highest BCUT2D eigenvalue weighted by Gasteiger charge is 2.07. The van der Waals surface area contributed by atoms with Crippen LogP contribution in [0, 0.1) is 5.82 Å². The normalized spacial score (nSPS) is 9.91. The first kappa shape index (κ1) is 15.5. The third-order valence-corrected chi connectivity index (χ3v) is 2.83. The molecule has 2 aromatic carbocycles. The monoisotopic (exact) mass is 301 g/mol. The van der Waals surface area contributed by atoms with Crippen molar-refractivity contribution in [3.8, 4) is 0 Å². The summed E-state index contributed by atoms with van der Waals surface area (Å²) in [6.45, 7) is 1.67. The lowest BCUT2D eigenvalue weighted by atomic mass is 10.2. The molecule has 0 aromatic heterocycles. The number of nitrogens with one attached hydrogen (secondary N) is 3. The summed E-state index contributed by atoms with van der Waals surface area (Å²) in [5.74, 6) is -0.949. The molecule has 0 spiro atoms. The number of anilines is 2. The molecule has 6 heteroatoms. The first-order valence-corrected chi connectivity index (χ1v) is 6.70. The summed E-state index contributed by atoms with van der Waals surface area (Å²) in [7, 11) is 0. The van der Waals surface area contributed by atoms with Crippen LogP contribution in [0.4, 0.5) is 20.6 Å². The predicted octanol–water partition coefficient (Wildman–Crippen LogP) is 3.11. The molecular weight excluding hydrogens is 285 g/mol. The SMILES string of the molecule is CC(=O)Nc1cc(NC(=O)NCc2ccccc2)ccc1F. The van der Waals surface area contributed by atoms with Gasteiger partial charge in [0.15, 0.2) is 0 Å². The Bertz CT molecular complexity index is 674. The molecule has 2 rings (SSSR count). The second-order valence-corrected chi connectivity index (χ2v) is 4.67. The van der Waals surface area contributed by atoms with Crippen molar-refractivity contribution >= 4 is 23.3 Å². The van der Waals surface area contributed by atoms with Gasteiger partial charge in [-0.3, -0.25) is 4.79 Å². The van der Waals surface area contributed by atoms with Gasteiger partial charge in [-0.15, -0.1) is 0 Å². The van der Waals surface area contributed by atoms with Gasteiger partial charge in [0, 0.05) is 19.2 Å². The maximum Gasteiger partial charge on any atom is 0.319 e. The smallest absolute Gasteiger partial charge is 0.319 e. The molecule has 0 aliphatic rings. The van der Waals surface area contributed by atoms with E-state index in [4.69, 9.17) is 0 Å². The topological polar surface area (TPSA) is 70.2 Å². The Kier molecular flexibility index (Phi) is 5.08. The Morgan fingerprint density at radius 3 is 2.45 bits per heavy atom. The highest BCUT2D eigenvalue weighted by molar-refractivity contribution is 5.92. The summed E-state index contributed by atoms with van der Waals surface area (Å²) in [5, 5.41) is 7.64. The summed E-state index contributed by atoms with van der Waals surface area (Å²) in [5.41, 5.74) is 1.37.